The molecule has 1 fully saturated rings. The maximum atomic E-state index is 11.9. The van der Waals surface area contributed by atoms with E-state index in [1.165, 1.54) is 5.56 Å². The molecule has 2 aromatic rings. The van der Waals surface area contributed by atoms with Gasteiger partial charge in [-0.15, -0.1) is 0 Å². The summed E-state index contributed by atoms with van der Waals surface area (Å²) in [5, 5.41) is 2.25. The number of benzene rings is 1. The van der Waals surface area contributed by atoms with Gasteiger partial charge in [-0.25, -0.2) is 0 Å². The van der Waals surface area contributed by atoms with Gasteiger partial charge in [-0.2, -0.15) is 0 Å². The van der Waals surface area contributed by atoms with Crippen molar-refractivity contribution in [2.45, 2.75) is 12.8 Å². The molecule has 0 aliphatic carbocycles. The van der Waals surface area contributed by atoms with Gasteiger partial charge in [0.1, 0.15) is 0 Å². The van der Waals surface area contributed by atoms with Crippen LogP contribution < -0.4 is 5.73 Å². The summed E-state index contributed by atoms with van der Waals surface area (Å²) in [7, 11) is 0. The lowest BCUT2D eigenvalue weighted by Crippen LogP contribution is -2.30. The molecule has 1 aromatic heterocycles. The van der Waals surface area contributed by atoms with Gasteiger partial charge in [-0.05, 0) is 23.4 Å². The van der Waals surface area contributed by atoms with Crippen LogP contribution in [-0.4, -0.2) is 34.8 Å². The minimum Gasteiger partial charge on any atom is -0.369 e. The third-order valence-electron chi connectivity index (χ3n) is 4.04. The standard InChI is InChI=1S/C16H17N3O2/c17-16(21)13-8-15(20)19(10-13)7-5-11-2-1-3-12-9-18-6-4-14(11)12/h1-4,6,9,13H,5,7-8,10H2,(H2,17,21). The molecule has 21 heavy (non-hydrogen) atoms. The van der Waals surface area contributed by atoms with Gasteiger partial charge in [0.2, 0.25) is 11.8 Å². The zero-order chi connectivity index (χ0) is 14.8. The number of carbonyl (C=O) groups excluding carboxylic acids is 2. The number of fused-ring (bicyclic) bond motifs is 1. The minimum atomic E-state index is -0.387. The summed E-state index contributed by atoms with van der Waals surface area (Å²) in [5.74, 6) is -0.711. The van der Waals surface area contributed by atoms with E-state index in [1.807, 2.05) is 24.4 Å². The quantitative estimate of drug-likeness (QED) is 0.913. The zero-order valence-electron chi connectivity index (χ0n) is 11.7. The maximum Gasteiger partial charge on any atom is 0.223 e. The first-order chi connectivity index (χ1) is 10.1. The van der Waals surface area contributed by atoms with Crippen LogP contribution in [0.25, 0.3) is 10.8 Å². The van der Waals surface area contributed by atoms with Crippen LogP contribution in [0.4, 0.5) is 0 Å². The van der Waals surface area contributed by atoms with E-state index >= 15 is 0 Å². The molecule has 2 N–H and O–H groups in total. The van der Waals surface area contributed by atoms with Crippen LogP contribution in [0.5, 0.6) is 0 Å². The molecule has 2 heterocycles. The van der Waals surface area contributed by atoms with E-state index in [-0.39, 0.29) is 24.2 Å². The van der Waals surface area contributed by atoms with Gasteiger partial charge in [0.15, 0.2) is 0 Å². The molecule has 1 saturated heterocycles. The number of nitrogens with zero attached hydrogens (tertiary/aromatic N) is 2. The van der Waals surface area contributed by atoms with E-state index < -0.39 is 0 Å². The number of likely N-dealkylation sites (tertiary alicyclic amines) is 1. The number of pyridine rings is 1. The Morgan fingerprint density at radius 2 is 2.24 bits per heavy atom. The highest BCUT2D eigenvalue weighted by Crippen LogP contribution is 2.21. The number of primary amides is 1. The Labute approximate surface area is 122 Å². The molecule has 2 amide bonds. The molecule has 1 aliphatic heterocycles. The van der Waals surface area contributed by atoms with Gasteiger partial charge in [0, 0.05) is 37.3 Å². The summed E-state index contributed by atoms with van der Waals surface area (Å²) in [6.07, 6.45) is 4.62. The molecule has 1 aliphatic rings. The minimum absolute atomic E-state index is 0.0145. The number of aromatic nitrogens is 1. The highest BCUT2D eigenvalue weighted by atomic mass is 16.2. The fourth-order valence-electron chi connectivity index (χ4n) is 2.84. The molecular formula is C16H17N3O2. The Hall–Kier alpha value is -2.43. The predicted molar refractivity (Wildman–Crippen MR) is 79.3 cm³/mol. The zero-order valence-corrected chi connectivity index (χ0v) is 11.7. The lowest BCUT2D eigenvalue weighted by atomic mass is 10.0. The van der Waals surface area contributed by atoms with Crippen molar-refractivity contribution in [3.8, 4) is 0 Å². The number of amides is 2. The number of hydrogen-bond acceptors (Lipinski definition) is 3. The van der Waals surface area contributed by atoms with Crippen molar-refractivity contribution in [1.29, 1.82) is 0 Å². The van der Waals surface area contributed by atoms with Gasteiger partial charge in [0.25, 0.3) is 0 Å². The second-order valence-corrected chi connectivity index (χ2v) is 5.41. The Bertz CT molecular complexity index is 693. The molecule has 108 valence electrons. The van der Waals surface area contributed by atoms with Crippen molar-refractivity contribution in [2.24, 2.45) is 11.7 Å². The Balaban J connectivity index is 1.73. The Kier molecular flexibility index (Phi) is 3.56. The van der Waals surface area contributed by atoms with Crippen LogP contribution in [0.15, 0.2) is 36.7 Å². The molecule has 0 radical (unpaired) electrons. The molecule has 5 nitrogen and oxygen atoms in total. The highest BCUT2D eigenvalue weighted by Gasteiger charge is 2.32. The van der Waals surface area contributed by atoms with Gasteiger partial charge in [-0.3, -0.25) is 14.6 Å². The van der Waals surface area contributed by atoms with E-state index in [0.29, 0.717) is 13.1 Å². The Morgan fingerprint density at radius 3 is 3.00 bits per heavy atom. The van der Waals surface area contributed by atoms with Crippen molar-refractivity contribution in [3.05, 3.63) is 42.2 Å². The van der Waals surface area contributed by atoms with Crippen LogP contribution in [0.2, 0.25) is 0 Å². The molecule has 0 saturated carbocycles. The van der Waals surface area contributed by atoms with Crippen LogP contribution in [0.1, 0.15) is 12.0 Å². The van der Waals surface area contributed by atoms with Crippen molar-refractivity contribution in [3.63, 3.8) is 0 Å². The maximum absolute atomic E-state index is 11.9. The summed E-state index contributed by atoms with van der Waals surface area (Å²) in [4.78, 5) is 28.9. The third-order valence-corrected chi connectivity index (χ3v) is 4.04. The number of nitrogens with two attached hydrogens (primary N) is 1. The summed E-state index contributed by atoms with van der Waals surface area (Å²) >= 11 is 0. The molecule has 0 bridgehead atoms. The summed E-state index contributed by atoms with van der Waals surface area (Å²) < 4.78 is 0. The third kappa shape index (κ3) is 2.72. The van der Waals surface area contributed by atoms with Gasteiger partial charge in [0.05, 0.1) is 5.92 Å². The predicted octanol–water partition coefficient (Wildman–Crippen LogP) is 1.11. The van der Waals surface area contributed by atoms with Gasteiger partial charge >= 0.3 is 0 Å². The first-order valence-corrected chi connectivity index (χ1v) is 7.04. The van der Waals surface area contributed by atoms with Crippen LogP contribution >= 0.6 is 0 Å². The second-order valence-electron chi connectivity index (χ2n) is 5.41. The molecule has 5 heteroatoms. The average Bonchev–Trinajstić information content (AvgIpc) is 2.86. The molecular weight excluding hydrogens is 266 g/mol. The van der Waals surface area contributed by atoms with E-state index in [4.69, 9.17) is 5.73 Å². The summed E-state index contributed by atoms with van der Waals surface area (Å²) in [6, 6.07) is 8.07. The monoisotopic (exact) mass is 283 g/mol. The SMILES string of the molecule is NC(=O)C1CC(=O)N(CCc2cccc3cnccc23)C1. The van der Waals surface area contributed by atoms with Crippen molar-refractivity contribution >= 4 is 22.6 Å². The molecule has 3 rings (SSSR count). The number of carbonyl (C=O) groups is 2. The number of rotatable bonds is 4. The molecule has 1 atom stereocenters. The smallest absolute Gasteiger partial charge is 0.223 e. The Morgan fingerprint density at radius 1 is 1.38 bits per heavy atom. The van der Waals surface area contributed by atoms with E-state index in [2.05, 4.69) is 11.1 Å². The average molecular weight is 283 g/mol. The largest absolute Gasteiger partial charge is 0.369 e. The van der Waals surface area contributed by atoms with Crippen molar-refractivity contribution in [2.75, 3.05) is 13.1 Å². The molecule has 0 spiro atoms. The first kappa shape index (κ1) is 13.5. The van der Waals surface area contributed by atoms with E-state index in [1.54, 1.807) is 11.1 Å². The number of hydrogen-bond donors (Lipinski definition) is 1. The topological polar surface area (TPSA) is 76.3 Å². The van der Waals surface area contributed by atoms with E-state index in [0.717, 1.165) is 17.2 Å². The highest BCUT2D eigenvalue weighted by molar-refractivity contribution is 5.88. The van der Waals surface area contributed by atoms with Crippen molar-refractivity contribution in [1.82, 2.24) is 9.88 Å². The van der Waals surface area contributed by atoms with Gasteiger partial charge in [-0.1, -0.05) is 18.2 Å². The van der Waals surface area contributed by atoms with E-state index in [9.17, 15) is 9.59 Å². The van der Waals surface area contributed by atoms with Gasteiger partial charge < -0.3 is 10.6 Å². The summed E-state index contributed by atoms with van der Waals surface area (Å²) in [6.45, 7) is 1.06. The lowest BCUT2D eigenvalue weighted by molar-refractivity contribution is -0.128. The van der Waals surface area contributed by atoms with Crippen LogP contribution in [0.3, 0.4) is 0 Å². The lowest BCUT2D eigenvalue weighted by Gasteiger charge is -2.16. The molecule has 1 aromatic carbocycles. The summed E-state index contributed by atoms with van der Waals surface area (Å²) in [5.41, 5.74) is 6.46. The fraction of sp³-hybridized carbons (Fsp3) is 0.312. The van der Waals surface area contributed by atoms with Crippen molar-refractivity contribution < 1.29 is 9.59 Å². The normalized spacial score (nSPS) is 18.4. The first-order valence-electron chi connectivity index (χ1n) is 7.04. The fourth-order valence-corrected chi connectivity index (χ4v) is 2.84. The molecule has 1 unspecified atom stereocenters. The second kappa shape index (κ2) is 5.52. The van der Waals surface area contributed by atoms with Crippen LogP contribution in [0, 0.1) is 5.92 Å². The van der Waals surface area contributed by atoms with Crippen LogP contribution in [-0.2, 0) is 16.0 Å².